The highest BCUT2D eigenvalue weighted by Gasteiger charge is 2.52. The van der Waals surface area contributed by atoms with Crippen LogP contribution in [0, 0.1) is 5.41 Å². The molecule has 4 atom stereocenters. The van der Waals surface area contributed by atoms with Gasteiger partial charge >= 0.3 is 12.3 Å². The van der Waals surface area contributed by atoms with Crippen LogP contribution in [0.3, 0.4) is 0 Å². The quantitative estimate of drug-likeness (QED) is 0.603. The second kappa shape index (κ2) is 9.89. The molecule has 0 unspecified atom stereocenters. The summed E-state index contributed by atoms with van der Waals surface area (Å²) in [6.45, 7) is 2.84. The molecule has 1 spiro atoms. The summed E-state index contributed by atoms with van der Waals surface area (Å²) in [5.41, 5.74) is -1.01. The van der Waals surface area contributed by atoms with Crippen LogP contribution in [-0.4, -0.2) is 81.6 Å². The molecule has 5 rings (SSSR count). The van der Waals surface area contributed by atoms with Crippen LogP contribution in [0.4, 0.5) is 18.0 Å². The van der Waals surface area contributed by atoms with Crippen molar-refractivity contribution in [3.8, 4) is 5.75 Å². The Kier molecular flexibility index (Phi) is 7.04. The first-order chi connectivity index (χ1) is 17.9. The number of aliphatic hydroxyl groups excluding tert-OH is 1. The van der Waals surface area contributed by atoms with Crippen LogP contribution in [0.2, 0.25) is 5.02 Å². The van der Waals surface area contributed by atoms with Gasteiger partial charge in [0, 0.05) is 44.2 Å². The molecule has 1 aromatic rings. The monoisotopic (exact) mass is 557 g/mol. The Morgan fingerprint density at radius 3 is 2.55 bits per heavy atom. The van der Waals surface area contributed by atoms with E-state index >= 15 is 0 Å². The number of piperidine rings is 1. The van der Waals surface area contributed by atoms with E-state index in [0.717, 1.165) is 37.5 Å². The van der Waals surface area contributed by atoms with Crippen molar-refractivity contribution in [2.75, 3.05) is 19.6 Å². The molecule has 0 aromatic heterocycles. The van der Waals surface area contributed by atoms with Crippen LogP contribution < -0.4 is 4.74 Å². The average molecular weight is 558 g/mol. The van der Waals surface area contributed by atoms with Crippen LogP contribution in [-0.2, 0) is 15.8 Å². The van der Waals surface area contributed by atoms with Crippen molar-refractivity contribution in [1.29, 1.82) is 0 Å². The zero-order valence-corrected chi connectivity index (χ0v) is 21.8. The number of alkyl halides is 3. The molecule has 4 aliphatic rings. The van der Waals surface area contributed by atoms with Crippen LogP contribution >= 0.6 is 11.6 Å². The van der Waals surface area contributed by atoms with Crippen molar-refractivity contribution in [3.05, 3.63) is 28.8 Å². The van der Waals surface area contributed by atoms with Crippen molar-refractivity contribution >= 4 is 29.5 Å². The highest BCUT2D eigenvalue weighted by Crippen LogP contribution is 2.53. The van der Waals surface area contributed by atoms with E-state index in [1.54, 1.807) is 16.7 Å². The Labute approximate surface area is 223 Å². The number of nitrogens with zero attached hydrogens (tertiary/aromatic N) is 3. The van der Waals surface area contributed by atoms with Crippen molar-refractivity contribution in [2.24, 2.45) is 5.41 Å². The lowest BCUT2D eigenvalue weighted by Gasteiger charge is -2.43. The number of β-amino-alcohol motifs (C(OH)–C–C–N with tert-alkyl or cyclic N) is 1. The Bertz CT molecular complexity index is 1130. The smallest absolute Gasteiger partial charge is 0.410 e. The maximum atomic E-state index is 13.3. The molecule has 1 aliphatic carbocycles. The predicted molar refractivity (Wildman–Crippen MR) is 130 cm³/mol. The van der Waals surface area contributed by atoms with E-state index in [1.165, 1.54) is 4.90 Å². The van der Waals surface area contributed by atoms with E-state index in [2.05, 4.69) is 0 Å². The van der Waals surface area contributed by atoms with Crippen LogP contribution in [0.25, 0.3) is 0 Å². The Balaban J connectivity index is 1.16. The van der Waals surface area contributed by atoms with E-state index < -0.39 is 35.0 Å². The summed E-state index contributed by atoms with van der Waals surface area (Å²) in [4.78, 5) is 43.7. The maximum Gasteiger partial charge on any atom is 0.417 e. The number of carbonyl (C=O) groups is 3. The molecule has 12 heteroatoms. The zero-order valence-electron chi connectivity index (χ0n) is 21.0. The number of halogens is 4. The number of aliphatic hydroxyl groups is 1. The molecule has 3 amide bonds. The molecule has 4 fully saturated rings. The van der Waals surface area contributed by atoms with Crippen molar-refractivity contribution < 1.29 is 37.4 Å². The van der Waals surface area contributed by atoms with Gasteiger partial charge in [-0.1, -0.05) is 11.6 Å². The first-order valence-corrected chi connectivity index (χ1v) is 13.4. The second-order valence-corrected chi connectivity index (χ2v) is 11.4. The third kappa shape index (κ3) is 5.06. The van der Waals surface area contributed by atoms with E-state index in [9.17, 15) is 32.7 Å². The topological polar surface area (TPSA) is 90.4 Å². The fraction of sp³-hybridized carbons (Fsp3) is 0.654. The SMILES string of the molecule is C[C@H]1C(=O)N2[C@@H](CCC(=O)N3CCC4(CC4)[C@H](O)C3)CC[C@H]2CN1C(=O)Oc1ccc(C(F)(F)F)c(Cl)c1. The first kappa shape index (κ1) is 27.1. The van der Waals surface area contributed by atoms with Gasteiger partial charge in [0.1, 0.15) is 11.8 Å². The lowest BCUT2D eigenvalue weighted by molar-refractivity contribution is -0.145. The van der Waals surface area contributed by atoms with Crippen molar-refractivity contribution in [3.63, 3.8) is 0 Å². The van der Waals surface area contributed by atoms with Gasteiger partial charge in [0.25, 0.3) is 0 Å². The fourth-order valence-corrected chi connectivity index (χ4v) is 6.41. The minimum absolute atomic E-state index is 0.0130. The fourth-order valence-electron chi connectivity index (χ4n) is 6.14. The molecule has 1 saturated carbocycles. The summed E-state index contributed by atoms with van der Waals surface area (Å²) in [5.74, 6) is -0.406. The molecule has 3 aliphatic heterocycles. The van der Waals surface area contributed by atoms with Gasteiger partial charge in [0.05, 0.1) is 16.7 Å². The highest BCUT2D eigenvalue weighted by atomic mass is 35.5. The highest BCUT2D eigenvalue weighted by molar-refractivity contribution is 6.31. The Morgan fingerprint density at radius 2 is 1.92 bits per heavy atom. The van der Waals surface area contributed by atoms with Gasteiger partial charge < -0.3 is 19.6 Å². The van der Waals surface area contributed by atoms with Crippen LogP contribution in [0.15, 0.2) is 18.2 Å². The number of amides is 3. The molecule has 0 radical (unpaired) electrons. The molecule has 208 valence electrons. The Morgan fingerprint density at radius 1 is 1.18 bits per heavy atom. The average Bonchev–Trinajstić information content (AvgIpc) is 3.51. The summed E-state index contributed by atoms with van der Waals surface area (Å²) >= 11 is 5.72. The predicted octanol–water partition coefficient (Wildman–Crippen LogP) is 4.07. The lowest BCUT2D eigenvalue weighted by atomic mass is 9.90. The normalized spacial score (nSPS) is 28.5. The summed E-state index contributed by atoms with van der Waals surface area (Å²) in [6, 6.07) is 1.52. The molecule has 1 N–H and O–H groups in total. The third-order valence-corrected chi connectivity index (χ3v) is 9.02. The maximum absolute atomic E-state index is 13.3. The Hall–Kier alpha value is -2.53. The zero-order chi connectivity index (χ0) is 27.4. The summed E-state index contributed by atoms with van der Waals surface area (Å²) in [7, 11) is 0. The molecule has 1 aromatic carbocycles. The lowest BCUT2D eigenvalue weighted by Crippen LogP contribution is -2.62. The molecule has 3 saturated heterocycles. The molecule has 3 heterocycles. The van der Waals surface area contributed by atoms with Gasteiger partial charge in [0.2, 0.25) is 11.8 Å². The summed E-state index contributed by atoms with van der Waals surface area (Å²) < 4.78 is 44.1. The number of benzene rings is 1. The van der Waals surface area contributed by atoms with E-state index in [-0.39, 0.29) is 48.0 Å². The number of rotatable bonds is 4. The summed E-state index contributed by atoms with van der Waals surface area (Å²) in [6.07, 6.45) is -0.877. The number of carbonyl (C=O) groups excluding carboxylic acids is 3. The van der Waals surface area contributed by atoms with E-state index in [1.807, 2.05) is 0 Å². The minimum atomic E-state index is -4.63. The largest absolute Gasteiger partial charge is 0.417 e. The summed E-state index contributed by atoms with van der Waals surface area (Å²) in [5, 5.41) is 9.81. The third-order valence-electron chi connectivity index (χ3n) is 8.71. The number of piperazine rings is 1. The van der Waals surface area contributed by atoms with Crippen LogP contribution in [0.1, 0.15) is 57.4 Å². The van der Waals surface area contributed by atoms with Gasteiger partial charge in [-0.3, -0.25) is 14.5 Å². The molecule has 0 bridgehead atoms. The molecular weight excluding hydrogens is 527 g/mol. The second-order valence-electron chi connectivity index (χ2n) is 11.0. The van der Waals surface area contributed by atoms with Gasteiger partial charge in [-0.15, -0.1) is 0 Å². The number of fused-ring (bicyclic) bond motifs is 1. The first-order valence-electron chi connectivity index (χ1n) is 13.0. The molecule has 8 nitrogen and oxygen atoms in total. The van der Waals surface area contributed by atoms with Gasteiger partial charge in [-0.25, -0.2) is 4.79 Å². The number of hydrogen-bond donors (Lipinski definition) is 1. The number of hydrogen-bond acceptors (Lipinski definition) is 5. The van der Waals surface area contributed by atoms with Gasteiger partial charge in [-0.2, -0.15) is 13.2 Å². The van der Waals surface area contributed by atoms with E-state index in [0.29, 0.717) is 32.4 Å². The number of likely N-dealkylation sites (tertiary alicyclic amines) is 1. The van der Waals surface area contributed by atoms with Crippen molar-refractivity contribution in [2.45, 2.75) is 82.3 Å². The van der Waals surface area contributed by atoms with Gasteiger partial charge in [0.15, 0.2) is 0 Å². The standard InChI is InChI=1S/C26H31ClF3N3O5/c1-15-23(36)33-16(4-7-22(35)31-11-10-25(8-9-25)21(34)14-31)2-3-17(33)13-32(15)24(37)38-18-5-6-19(20(27)12-18)26(28,29)30/h5-6,12,15-17,21,34H,2-4,7-11,13-14H2,1H3/t15-,16+,17-,21+/m0/s1. The van der Waals surface area contributed by atoms with Crippen LogP contribution in [0.5, 0.6) is 5.75 Å². The van der Waals surface area contributed by atoms with E-state index in [4.69, 9.17) is 16.3 Å². The molecular formula is C26H31ClF3N3O5. The minimum Gasteiger partial charge on any atom is -0.410 e. The number of ether oxygens (including phenoxy) is 1. The van der Waals surface area contributed by atoms with Gasteiger partial charge in [-0.05, 0) is 63.0 Å². The van der Waals surface area contributed by atoms with Crippen molar-refractivity contribution in [1.82, 2.24) is 14.7 Å². The molecule has 38 heavy (non-hydrogen) atoms.